The predicted molar refractivity (Wildman–Crippen MR) is 104 cm³/mol. The van der Waals surface area contributed by atoms with Crippen molar-refractivity contribution in [2.75, 3.05) is 0 Å². The first kappa shape index (κ1) is 13.8. The Hall–Kier alpha value is -2.58. The van der Waals surface area contributed by atoms with Gasteiger partial charge in [-0.3, -0.25) is 0 Å². The van der Waals surface area contributed by atoms with Crippen molar-refractivity contribution in [2.45, 2.75) is 0 Å². The lowest BCUT2D eigenvalue weighted by molar-refractivity contribution is 0.669. The van der Waals surface area contributed by atoms with E-state index in [0.29, 0.717) is 0 Å². The topological polar surface area (TPSA) is 13.1 Å². The van der Waals surface area contributed by atoms with Gasteiger partial charge in [0.05, 0.1) is 0 Å². The summed E-state index contributed by atoms with van der Waals surface area (Å²) in [6.45, 7) is 0. The predicted octanol–water partition coefficient (Wildman–Crippen LogP) is 7.17. The number of hydrogen-bond acceptors (Lipinski definition) is 1. The van der Waals surface area contributed by atoms with E-state index in [-0.39, 0.29) is 0 Å². The summed E-state index contributed by atoms with van der Waals surface area (Å²) in [6.07, 6.45) is 0. The molecule has 0 fully saturated rings. The van der Waals surface area contributed by atoms with Crippen LogP contribution < -0.4 is 0 Å². The summed E-state index contributed by atoms with van der Waals surface area (Å²) in [6, 6.07) is 27.5. The Morgan fingerprint density at radius 1 is 0.583 bits per heavy atom. The fourth-order valence-electron chi connectivity index (χ4n) is 3.31. The van der Waals surface area contributed by atoms with Crippen molar-refractivity contribution in [2.24, 2.45) is 0 Å². The standard InChI is InChI=1S/C22H13BrO/c23-18-7-3-6-14(10-18)17-8-9-19-20-11-15-4-1-2-5-16(15)12-22(20)24-21(19)13-17/h1-13H. The molecule has 0 aliphatic heterocycles. The number of furan rings is 1. The summed E-state index contributed by atoms with van der Waals surface area (Å²) in [5.74, 6) is 0. The number of fused-ring (bicyclic) bond motifs is 4. The SMILES string of the molecule is Brc1cccc(-c2ccc3c(c2)oc2cc4ccccc4cc23)c1. The zero-order valence-corrected chi connectivity index (χ0v) is 14.4. The highest BCUT2D eigenvalue weighted by molar-refractivity contribution is 9.10. The molecule has 4 aromatic carbocycles. The third kappa shape index (κ3) is 2.15. The van der Waals surface area contributed by atoms with E-state index < -0.39 is 0 Å². The van der Waals surface area contributed by atoms with Crippen LogP contribution in [0.15, 0.2) is 87.8 Å². The van der Waals surface area contributed by atoms with Crippen molar-refractivity contribution in [3.05, 3.63) is 83.3 Å². The maximum Gasteiger partial charge on any atom is 0.136 e. The highest BCUT2D eigenvalue weighted by Crippen LogP contribution is 2.34. The summed E-state index contributed by atoms with van der Waals surface area (Å²) >= 11 is 3.54. The van der Waals surface area contributed by atoms with E-state index in [1.54, 1.807) is 0 Å². The molecule has 0 N–H and O–H groups in total. The second kappa shape index (κ2) is 5.22. The molecule has 24 heavy (non-hydrogen) atoms. The van der Waals surface area contributed by atoms with Crippen LogP contribution >= 0.6 is 15.9 Å². The average Bonchev–Trinajstić information content (AvgIpc) is 2.96. The van der Waals surface area contributed by atoms with Gasteiger partial charge >= 0.3 is 0 Å². The van der Waals surface area contributed by atoms with Crippen LogP contribution in [0.4, 0.5) is 0 Å². The van der Waals surface area contributed by atoms with Gasteiger partial charge in [-0.25, -0.2) is 0 Å². The van der Waals surface area contributed by atoms with Crippen LogP contribution in [0.2, 0.25) is 0 Å². The van der Waals surface area contributed by atoms with Gasteiger partial charge in [0.2, 0.25) is 0 Å². The highest BCUT2D eigenvalue weighted by Gasteiger charge is 2.09. The zero-order valence-electron chi connectivity index (χ0n) is 12.8. The average molecular weight is 373 g/mol. The molecule has 0 atom stereocenters. The Kier molecular flexibility index (Phi) is 3.00. The minimum Gasteiger partial charge on any atom is -0.456 e. The van der Waals surface area contributed by atoms with Crippen LogP contribution in [0, 0.1) is 0 Å². The number of hydrogen-bond donors (Lipinski definition) is 0. The Bertz CT molecular complexity index is 1220. The van der Waals surface area contributed by atoms with Gasteiger partial charge in [-0.15, -0.1) is 0 Å². The molecule has 0 unspecified atom stereocenters. The monoisotopic (exact) mass is 372 g/mol. The van der Waals surface area contributed by atoms with Crippen LogP contribution in [0.25, 0.3) is 43.8 Å². The van der Waals surface area contributed by atoms with Crippen LogP contribution in [0.5, 0.6) is 0 Å². The summed E-state index contributed by atoms with van der Waals surface area (Å²) in [7, 11) is 0. The molecule has 5 rings (SSSR count). The molecular formula is C22H13BrO. The van der Waals surface area contributed by atoms with Gasteiger partial charge in [-0.05, 0) is 58.3 Å². The largest absolute Gasteiger partial charge is 0.456 e. The van der Waals surface area contributed by atoms with Crippen molar-refractivity contribution in [3.8, 4) is 11.1 Å². The fourth-order valence-corrected chi connectivity index (χ4v) is 3.71. The third-order valence-electron chi connectivity index (χ3n) is 4.50. The van der Waals surface area contributed by atoms with Crippen molar-refractivity contribution in [1.82, 2.24) is 0 Å². The first-order valence-corrected chi connectivity index (χ1v) is 8.68. The quantitative estimate of drug-likeness (QED) is 0.304. The minimum atomic E-state index is 0.929. The first-order chi connectivity index (χ1) is 11.8. The summed E-state index contributed by atoms with van der Waals surface area (Å²) in [5, 5.41) is 4.78. The lowest BCUT2D eigenvalue weighted by Gasteiger charge is -2.02. The normalized spacial score (nSPS) is 11.5. The molecule has 1 nitrogen and oxygen atoms in total. The summed E-state index contributed by atoms with van der Waals surface area (Å²) in [5.41, 5.74) is 4.21. The van der Waals surface area contributed by atoms with Crippen LogP contribution in [0.3, 0.4) is 0 Å². The summed E-state index contributed by atoms with van der Waals surface area (Å²) < 4.78 is 7.22. The molecule has 1 heterocycles. The van der Waals surface area contributed by atoms with Crippen molar-refractivity contribution in [3.63, 3.8) is 0 Å². The van der Waals surface area contributed by atoms with Crippen molar-refractivity contribution < 1.29 is 4.42 Å². The molecule has 114 valence electrons. The molecular weight excluding hydrogens is 360 g/mol. The molecule has 0 radical (unpaired) electrons. The molecule has 0 bridgehead atoms. The van der Waals surface area contributed by atoms with E-state index in [0.717, 1.165) is 26.6 Å². The Labute approximate surface area is 147 Å². The minimum absolute atomic E-state index is 0.929. The van der Waals surface area contributed by atoms with Gasteiger partial charge in [-0.1, -0.05) is 58.4 Å². The zero-order chi connectivity index (χ0) is 16.1. The van der Waals surface area contributed by atoms with Gasteiger partial charge in [0, 0.05) is 15.2 Å². The molecule has 0 spiro atoms. The highest BCUT2D eigenvalue weighted by atomic mass is 79.9. The molecule has 0 saturated carbocycles. The lowest BCUT2D eigenvalue weighted by atomic mass is 10.0. The van der Waals surface area contributed by atoms with Gasteiger partial charge in [-0.2, -0.15) is 0 Å². The Balaban J connectivity index is 1.78. The van der Waals surface area contributed by atoms with E-state index >= 15 is 0 Å². The van der Waals surface area contributed by atoms with E-state index in [1.807, 2.05) is 6.07 Å². The molecule has 0 aliphatic rings. The van der Waals surface area contributed by atoms with E-state index in [4.69, 9.17) is 4.42 Å². The van der Waals surface area contributed by atoms with E-state index in [1.165, 1.54) is 21.7 Å². The maximum absolute atomic E-state index is 6.14. The summed E-state index contributed by atoms with van der Waals surface area (Å²) in [4.78, 5) is 0. The molecule has 0 aliphatic carbocycles. The second-order valence-electron chi connectivity index (χ2n) is 6.02. The third-order valence-corrected chi connectivity index (χ3v) is 4.99. The molecule has 2 heteroatoms. The van der Waals surface area contributed by atoms with Crippen LogP contribution in [-0.2, 0) is 0 Å². The number of benzene rings is 4. The Morgan fingerprint density at radius 3 is 2.17 bits per heavy atom. The lowest BCUT2D eigenvalue weighted by Crippen LogP contribution is -1.77. The van der Waals surface area contributed by atoms with Crippen molar-refractivity contribution in [1.29, 1.82) is 0 Å². The molecule has 0 amide bonds. The van der Waals surface area contributed by atoms with Crippen LogP contribution in [-0.4, -0.2) is 0 Å². The number of rotatable bonds is 1. The second-order valence-corrected chi connectivity index (χ2v) is 6.93. The number of halogens is 1. The van der Waals surface area contributed by atoms with E-state index in [9.17, 15) is 0 Å². The van der Waals surface area contributed by atoms with Crippen molar-refractivity contribution >= 4 is 48.6 Å². The maximum atomic E-state index is 6.14. The van der Waals surface area contributed by atoms with Gasteiger partial charge < -0.3 is 4.42 Å². The smallest absolute Gasteiger partial charge is 0.136 e. The first-order valence-electron chi connectivity index (χ1n) is 7.89. The van der Waals surface area contributed by atoms with Gasteiger partial charge in [0.15, 0.2) is 0 Å². The van der Waals surface area contributed by atoms with Gasteiger partial charge in [0.1, 0.15) is 11.2 Å². The fraction of sp³-hybridized carbons (Fsp3) is 0. The van der Waals surface area contributed by atoms with E-state index in [2.05, 4.69) is 88.7 Å². The molecule has 5 aromatic rings. The molecule has 1 aromatic heterocycles. The molecule has 0 saturated heterocycles. The van der Waals surface area contributed by atoms with Crippen LogP contribution in [0.1, 0.15) is 0 Å². The van der Waals surface area contributed by atoms with Gasteiger partial charge in [0.25, 0.3) is 0 Å². The Morgan fingerprint density at radius 2 is 1.33 bits per heavy atom.